The molecule has 0 spiro atoms. The standard InChI is InChI=1S/C25H29N3O4S/c29-22(30)10-4-2-1-3-9-21-27-24(23-17-7-5-6-8-20(17)33-25(23)28-21)26-14-16-11-12-18-19(13-16)32-15-31-18/h11-13H,1-10,14-15H2,(H,29,30)(H,26,27,28). The number of ether oxygens (including phenoxy) is 2. The van der Waals surface area contributed by atoms with Gasteiger partial charge in [-0.05, 0) is 61.8 Å². The van der Waals surface area contributed by atoms with Crippen LogP contribution < -0.4 is 14.8 Å². The van der Waals surface area contributed by atoms with E-state index in [1.165, 1.54) is 28.7 Å². The van der Waals surface area contributed by atoms with Gasteiger partial charge in [-0.15, -0.1) is 11.3 Å². The summed E-state index contributed by atoms with van der Waals surface area (Å²) in [6.07, 6.45) is 9.38. The Morgan fingerprint density at radius 1 is 1.06 bits per heavy atom. The van der Waals surface area contributed by atoms with Crippen molar-refractivity contribution in [1.82, 2.24) is 9.97 Å². The third-order valence-electron chi connectivity index (χ3n) is 6.30. The molecule has 0 atom stereocenters. The normalized spacial score (nSPS) is 14.4. The van der Waals surface area contributed by atoms with E-state index in [0.29, 0.717) is 6.54 Å². The quantitative estimate of drug-likeness (QED) is 0.381. The maximum Gasteiger partial charge on any atom is 0.303 e. The third-order valence-corrected chi connectivity index (χ3v) is 7.48. The van der Waals surface area contributed by atoms with Gasteiger partial charge in [0, 0.05) is 24.3 Å². The minimum absolute atomic E-state index is 0.247. The first-order valence-corrected chi connectivity index (χ1v) is 12.6. The molecule has 0 unspecified atom stereocenters. The smallest absolute Gasteiger partial charge is 0.303 e. The largest absolute Gasteiger partial charge is 0.481 e. The van der Waals surface area contributed by atoms with E-state index in [-0.39, 0.29) is 13.2 Å². The molecule has 0 radical (unpaired) electrons. The number of nitrogens with zero attached hydrogens (tertiary/aromatic N) is 2. The number of fused-ring (bicyclic) bond motifs is 4. The second-order valence-corrected chi connectivity index (χ2v) is 9.81. The van der Waals surface area contributed by atoms with Crippen LogP contribution in [0.25, 0.3) is 10.2 Å². The molecular weight excluding hydrogens is 438 g/mol. The first-order chi connectivity index (χ1) is 16.2. The Kier molecular flexibility index (Phi) is 6.62. The van der Waals surface area contributed by atoms with Gasteiger partial charge in [0.25, 0.3) is 0 Å². The number of nitrogens with one attached hydrogen (secondary N) is 1. The van der Waals surface area contributed by atoms with Crippen LogP contribution in [-0.2, 0) is 30.6 Å². The fourth-order valence-electron chi connectivity index (χ4n) is 4.59. The molecule has 2 aliphatic rings. The summed E-state index contributed by atoms with van der Waals surface area (Å²) >= 11 is 1.82. The van der Waals surface area contributed by atoms with Crippen LogP contribution in [-0.4, -0.2) is 27.8 Å². The van der Waals surface area contributed by atoms with E-state index in [1.54, 1.807) is 0 Å². The SMILES string of the molecule is O=C(O)CCCCCCc1nc(NCc2ccc3c(c2)OCO3)c2c3c(sc2n1)CCCC3. The van der Waals surface area contributed by atoms with Crippen LogP contribution in [0.2, 0.25) is 0 Å². The topological polar surface area (TPSA) is 93.6 Å². The number of carboxylic acid groups (broad SMARTS) is 1. The molecule has 174 valence electrons. The minimum Gasteiger partial charge on any atom is -0.481 e. The zero-order valence-electron chi connectivity index (χ0n) is 18.7. The van der Waals surface area contributed by atoms with Crippen LogP contribution >= 0.6 is 11.3 Å². The molecule has 1 aromatic carbocycles. The summed E-state index contributed by atoms with van der Waals surface area (Å²) in [6, 6.07) is 6.03. The van der Waals surface area contributed by atoms with Gasteiger partial charge in [0.1, 0.15) is 16.5 Å². The summed E-state index contributed by atoms with van der Waals surface area (Å²) in [7, 11) is 0. The number of anilines is 1. The van der Waals surface area contributed by atoms with Crippen molar-refractivity contribution in [2.75, 3.05) is 12.1 Å². The zero-order chi connectivity index (χ0) is 22.6. The van der Waals surface area contributed by atoms with Gasteiger partial charge in [-0.3, -0.25) is 4.79 Å². The van der Waals surface area contributed by atoms with E-state index in [4.69, 9.17) is 24.5 Å². The van der Waals surface area contributed by atoms with E-state index in [1.807, 2.05) is 23.5 Å². The number of carbonyl (C=O) groups is 1. The molecule has 0 saturated heterocycles. The van der Waals surface area contributed by atoms with E-state index in [0.717, 1.165) is 78.5 Å². The molecule has 2 aromatic heterocycles. The summed E-state index contributed by atoms with van der Waals surface area (Å²) in [5, 5.41) is 13.6. The number of rotatable bonds is 10. The van der Waals surface area contributed by atoms with Crippen molar-refractivity contribution in [3.63, 3.8) is 0 Å². The second kappa shape index (κ2) is 9.95. The lowest BCUT2D eigenvalue weighted by molar-refractivity contribution is -0.137. The summed E-state index contributed by atoms with van der Waals surface area (Å²) in [5.41, 5.74) is 2.55. The van der Waals surface area contributed by atoms with Crippen LogP contribution in [0.4, 0.5) is 5.82 Å². The first kappa shape index (κ1) is 21.9. The lowest BCUT2D eigenvalue weighted by atomic mass is 9.97. The van der Waals surface area contributed by atoms with Crippen LogP contribution in [0.15, 0.2) is 18.2 Å². The van der Waals surface area contributed by atoms with Crippen LogP contribution in [0.1, 0.15) is 66.8 Å². The Hall–Kier alpha value is -2.87. The third kappa shape index (κ3) is 5.05. The number of hydrogen-bond donors (Lipinski definition) is 2. The summed E-state index contributed by atoms with van der Waals surface area (Å²) in [4.78, 5) is 23.1. The number of unbranched alkanes of at least 4 members (excludes halogenated alkanes) is 3. The number of thiophene rings is 1. The van der Waals surface area contributed by atoms with Crippen LogP contribution in [0.5, 0.6) is 11.5 Å². The van der Waals surface area contributed by atoms with Gasteiger partial charge in [0.05, 0.1) is 5.39 Å². The van der Waals surface area contributed by atoms with Gasteiger partial charge >= 0.3 is 5.97 Å². The number of aromatic nitrogens is 2. The number of aryl methyl sites for hydroxylation is 3. The van der Waals surface area contributed by atoms with Gasteiger partial charge in [-0.2, -0.15) is 0 Å². The highest BCUT2D eigenvalue weighted by Gasteiger charge is 2.21. The van der Waals surface area contributed by atoms with E-state index in [2.05, 4.69) is 11.4 Å². The molecule has 0 fully saturated rings. The highest BCUT2D eigenvalue weighted by molar-refractivity contribution is 7.19. The molecule has 5 rings (SSSR count). The van der Waals surface area contributed by atoms with Gasteiger partial charge in [0.15, 0.2) is 11.5 Å². The first-order valence-electron chi connectivity index (χ1n) is 11.8. The molecule has 8 heteroatoms. The number of benzene rings is 1. The highest BCUT2D eigenvalue weighted by Crippen LogP contribution is 2.39. The molecule has 3 heterocycles. The summed E-state index contributed by atoms with van der Waals surface area (Å²) in [5.74, 6) is 2.66. The zero-order valence-corrected chi connectivity index (χ0v) is 19.5. The predicted molar refractivity (Wildman–Crippen MR) is 128 cm³/mol. The molecule has 1 aliphatic carbocycles. The molecule has 0 bridgehead atoms. The molecule has 33 heavy (non-hydrogen) atoms. The van der Waals surface area contributed by atoms with E-state index >= 15 is 0 Å². The van der Waals surface area contributed by atoms with E-state index in [9.17, 15) is 4.79 Å². The number of aliphatic carboxylic acids is 1. The van der Waals surface area contributed by atoms with Gasteiger partial charge in [0.2, 0.25) is 6.79 Å². The van der Waals surface area contributed by atoms with Crippen molar-refractivity contribution in [2.24, 2.45) is 0 Å². The van der Waals surface area contributed by atoms with Crippen LogP contribution in [0, 0.1) is 0 Å². The second-order valence-electron chi connectivity index (χ2n) is 8.73. The molecule has 1 aliphatic heterocycles. The average molecular weight is 468 g/mol. The molecule has 0 amide bonds. The predicted octanol–water partition coefficient (Wildman–Crippen LogP) is 5.49. The number of carboxylic acids is 1. The maximum absolute atomic E-state index is 10.7. The molecule has 2 N–H and O–H groups in total. The Bertz CT molecular complexity index is 1160. The van der Waals surface area contributed by atoms with Gasteiger partial charge < -0.3 is 19.9 Å². The monoisotopic (exact) mass is 467 g/mol. The Balaban J connectivity index is 1.33. The molecule has 7 nitrogen and oxygen atoms in total. The van der Waals surface area contributed by atoms with E-state index < -0.39 is 5.97 Å². The van der Waals surface area contributed by atoms with Crippen molar-refractivity contribution in [3.8, 4) is 11.5 Å². The lowest BCUT2D eigenvalue weighted by Gasteiger charge is -2.14. The van der Waals surface area contributed by atoms with Crippen molar-refractivity contribution in [2.45, 2.75) is 70.8 Å². The minimum atomic E-state index is -0.719. The Morgan fingerprint density at radius 3 is 2.82 bits per heavy atom. The van der Waals surface area contributed by atoms with Crippen molar-refractivity contribution in [1.29, 1.82) is 0 Å². The van der Waals surface area contributed by atoms with Gasteiger partial charge in [-0.1, -0.05) is 18.9 Å². The van der Waals surface area contributed by atoms with Crippen molar-refractivity contribution >= 4 is 33.3 Å². The fourth-order valence-corrected chi connectivity index (χ4v) is 5.87. The Morgan fingerprint density at radius 2 is 1.91 bits per heavy atom. The summed E-state index contributed by atoms with van der Waals surface area (Å²) < 4.78 is 10.9. The van der Waals surface area contributed by atoms with Crippen molar-refractivity contribution in [3.05, 3.63) is 40.0 Å². The average Bonchev–Trinajstić information content (AvgIpc) is 3.43. The number of hydrogen-bond acceptors (Lipinski definition) is 7. The summed E-state index contributed by atoms with van der Waals surface area (Å²) in [6.45, 7) is 0.932. The molecule has 0 saturated carbocycles. The molecular formula is C25H29N3O4S. The molecule has 3 aromatic rings. The maximum atomic E-state index is 10.7. The van der Waals surface area contributed by atoms with Gasteiger partial charge in [-0.25, -0.2) is 9.97 Å². The Labute approximate surface area is 197 Å². The van der Waals surface area contributed by atoms with Crippen molar-refractivity contribution < 1.29 is 19.4 Å². The lowest BCUT2D eigenvalue weighted by Crippen LogP contribution is -2.07. The highest BCUT2D eigenvalue weighted by atomic mass is 32.1. The van der Waals surface area contributed by atoms with Crippen LogP contribution in [0.3, 0.4) is 0 Å². The fraction of sp³-hybridized carbons (Fsp3) is 0.480.